The molecule has 2 rings (SSSR count). The quantitative estimate of drug-likeness (QED) is 0.316. The molecule has 1 saturated heterocycles. The van der Waals surface area contributed by atoms with Crippen LogP contribution in [0.15, 0.2) is 24.3 Å². The molecule has 0 spiro atoms. The summed E-state index contributed by atoms with van der Waals surface area (Å²) in [6.45, 7) is 4.14. The lowest BCUT2D eigenvalue weighted by molar-refractivity contribution is -0.288. The van der Waals surface area contributed by atoms with Gasteiger partial charge in [-0.25, -0.2) is 0 Å². The van der Waals surface area contributed by atoms with E-state index in [1.54, 1.807) is 12.1 Å². The fourth-order valence-electron chi connectivity index (χ4n) is 3.09. The van der Waals surface area contributed by atoms with Crippen molar-refractivity contribution < 1.29 is 52.4 Å². The number of hydrogen-bond donors (Lipinski definition) is 0. The van der Waals surface area contributed by atoms with Crippen LogP contribution in [0.2, 0.25) is 0 Å². The molecule has 1 aromatic rings. The average molecular weight is 452 g/mol. The number of hydrogen-bond acceptors (Lipinski definition) is 11. The first kappa shape index (κ1) is 24.8. The van der Waals surface area contributed by atoms with E-state index in [4.69, 9.17) is 28.4 Å². The topological polar surface area (TPSA) is 141 Å². The third kappa shape index (κ3) is 6.77. The predicted octanol–water partition coefficient (Wildman–Crippen LogP) is 0.961. The lowest BCUT2D eigenvalue weighted by Crippen LogP contribution is -2.63. The highest BCUT2D eigenvalue weighted by atomic mass is 16.7. The molecule has 0 bridgehead atoms. The van der Waals surface area contributed by atoms with Crippen LogP contribution in [0.5, 0.6) is 5.75 Å². The summed E-state index contributed by atoms with van der Waals surface area (Å²) in [5.41, 5.74) is 0.181. The number of rotatable bonds is 8. The summed E-state index contributed by atoms with van der Waals surface area (Å²) in [6.07, 6.45) is -6.03. The number of esters is 4. The average Bonchev–Trinajstić information content (AvgIpc) is 2.70. The molecular formula is C21H24O11. The van der Waals surface area contributed by atoms with Crippen molar-refractivity contribution in [3.8, 4) is 5.75 Å². The van der Waals surface area contributed by atoms with E-state index in [0.717, 1.165) is 20.8 Å². The molecule has 0 radical (unpaired) electrons. The molecule has 174 valence electrons. The Balaban J connectivity index is 2.49. The standard InChI is InChI=1S/C21H24O11/c1-11(23)27-10-17-18(28-12(2)24)19(29-13(3)25)20(30-14(4)26)21(32-17)31-16-8-6-5-7-15(16)9-22/h5-9,17-21H,10H2,1-4H3/t17-,18+,19+,20-,21+/m1/s1. The summed E-state index contributed by atoms with van der Waals surface area (Å²) in [4.78, 5) is 58.0. The van der Waals surface area contributed by atoms with Crippen LogP contribution >= 0.6 is 0 Å². The Labute approximate surface area is 183 Å². The molecule has 1 aliphatic rings. The molecule has 1 fully saturated rings. The first-order chi connectivity index (χ1) is 15.1. The van der Waals surface area contributed by atoms with Crippen LogP contribution in [0.25, 0.3) is 0 Å². The van der Waals surface area contributed by atoms with Crippen LogP contribution in [0, 0.1) is 0 Å². The van der Waals surface area contributed by atoms with Crippen molar-refractivity contribution in [2.24, 2.45) is 0 Å². The van der Waals surface area contributed by atoms with Gasteiger partial charge in [-0.15, -0.1) is 0 Å². The minimum Gasteiger partial charge on any atom is -0.463 e. The van der Waals surface area contributed by atoms with E-state index >= 15 is 0 Å². The number of carbonyl (C=O) groups excluding carboxylic acids is 5. The van der Waals surface area contributed by atoms with Gasteiger partial charge in [-0.1, -0.05) is 12.1 Å². The van der Waals surface area contributed by atoms with E-state index in [1.165, 1.54) is 19.1 Å². The van der Waals surface area contributed by atoms with E-state index in [0.29, 0.717) is 6.29 Å². The van der Waals surface area contributed by atoms with Gasteiger partial charge in [0, 0.05) is 27.7 Å². The zero-order chi connectivity index (χ0) is 23.8. The second-order valence-electron chi connectivity index (χ2n) is 6.84. The van der Waals surface area contributed by atoms with Gasteiger partial charge in [0.1, 0.15) is 18.5 Å². The monoisotopic (exact) mass is 452 g/mol. The van der Waals surface area contributed by atoms with E-state index in [9.17, 15) is 24.0 Å². The summed E-state index contributed by atoms with van der Waals surface area (Å²) >= 11 is 0. The van der Waals surface area contributed by atoms with Crippen LogP contribution < -0.4 is 4.74 Å². The Bertz CT molecular complexity index is 865. The van der Waals surface area contributed by atoms with Crippen molar-refractivity contribution >= 4 is 30.2 Å². The summed E-state index contributed by atoms with van der Waals surface area (Å²) in [5.74, 6) is -2.79. The zero-order valence-electron chi connectivity index (χ0n) is 18.0. The summed E-state index contributed by atoms with van der Waals surface area (Å²) in [6, 6.07) is 6.20. The molecule has 5 atom stereocenters. The molecule has 0 amide bonds. The maximum absolute atomic E-state index is 11.8. The zero-order valence-corrected chi connectivity index (χ0v) is 18.0. The number of aldehydes is 1. The van der Waals surface area contributed by atoms with Gasteiger partial charge in [0.15, 0.2) is 18.5 Å². The first-order valence-corrected chi connectivity index (χ1v) is 9.63. The number of carbonyl (C=O) groups is 5. The highest BCUT2D eigenvalue weighted by Gasteiger charge is 2.53. The Morgan fingerprint density at radius 1 is 0.844 bits per heavy atom. The predicted molar refractivity (Wildman–Crippen MR) is 104 cm³/mol. The van der Waals surface area contributed by atoms with Gasteiger partial charge in [0.05, 0.1) is 5.56 Å². The number of para-hydroxylation sites is 1. The Kier molecular flexibility index (Phi) is 8.71. The third-order valence-electron chi connectivity index (χ3n) is 4.24. The lowest BCUT2D eigenvalue weighted by atomic mass is 9.98. The maximum atomic E-state index is 11.8. The fourth-order valence-corrected chi connectivity index (χ4v) is 3.09. The van der Waals surface area contributed by atoms with Crippen molar-refractivity contribution in [2.75, 3.05) is 6.61 Å². The van der Waals surface area contributed by atoms with E-state index in [2.05, 4.69) is 0 Å². The number of ether oxygens (including phenoxy) is 6. The highest BCUT2D eigenvalue weighted by Crippen LogP contribution is 2.31. The SMILES string of the molecule is CC(=O)OC[C@H]1O[C@H](Oc2ccccc2C=O)[C@H](OC(C)=O)[C@@H](OC(C)=O)[C@H]1OC(C)=O. The molecule has 0 aliphatic carbocycles. The van der Waals surface area contributed by atoms with E-state index < -0.39 is 54.6 Å². The maximum Gasteiger partial charge on any atom is 0.303 e. The van der Waals surface area contributed by atoms with Crippen molar-refractivity contribution in [3.05, 3.63) is 29.8 Å². The van der Waals surface area contributed by atoms with Gasteiger partial charge in [-0.3, -0.25) is 24.0 Å². The Morgan fingerprint density at radius 2 is 1.41 bits per heavy atom. The van der Waals surface area contributed by atoms with Crippen LogP contribution in [-0.4, -0.2) is 67.5 Å². The Hall–Kier alpha value is -3.47. The van der Waals surface area contributed by atoms with Gasteiger partial charge in [-0.2, -0.15) is 0 Å². The summed E-state index contributed by atoms with van der Waals surface area (Å²) < 4.78 is 32.5. The van der Waals surface area contributed by atoms with Crippen molar-refractivity contribution in [1.29, 1.82) is 0 Å². The van der Waals surface area contributed by atoms with Gasteiger partial charge in [0.25, 0.3) is 0 Å². The molecule has 0 saturated carbocycles. The molecule has 1 aromatic carbocycles. The molecule has 0 N–H and O–H groups in total. The lowest BCUT2D eigenvalue weighted by Gasteiger charge is -2.44. The second kappa shape index (κ2) is 11.2. The van der Waals surface area contributed by atoms with Crippen molar-refractivity contribution in [1.82, 2.24) is 0 Å². The molecule has 1 aliphatic heterocycles. The minimum absolute atomic E-state index is 0.100. The molecule has 1 heterocycles. The smallest absolute Gasteiger partial charge is 0.303 e. The number of benzene rings is 1. The van der Waals surface area contributed by atoms with Gasteiger partial charge in [0.2, 0.25) is 12.4 Å². The van der Waals surface area contributed by atoms with Gasteiger partial charge >= 0.3 is 23.9 Å². The fraction of sp³-hybridized carbons (Fsp3) is 0.476. The van der Waals surface area contributed by atoms with Gasteiger partial charge in [-0.05, 0) is 12.1 Å². The molecule has 11 nitrogen and oxygen atoms in total. The van der Waals surface area contributed by atoms with E-state index in [1.807, 2.05) is 0 Å². The minimum atomic E-state index is -1.41. The summed E-state index contributed by atoms with van der Waals surface area (Å²) in [7, 11) is 0. The van der Waals surface area contributed by atoms with Crippen molar-refractivity contribution in [2.45, 2.75) is 58.4 Å². The van der Waals surface area contributed by atoms with Crippen molar-refractivity contribution in [3.63, 3.8) is 0 Å². The largest absolute Gasteiger partial charge is 0.463 e. The molecule has 0 unspecified atom stereocenters. The normalized spacial score (nSPS) is 24.6. The van der Waals surface area contributed by atoms with Crippen LogP contribution in [0.4, 0.5) is 0 Å². The van der Waals surface area contributed by atoms with Crippen LogP contribution in [0.1, 0.15) is 38.1 Å². The summed E-state index contributed by atoms with van der Waals surface area (Å²) in [5, 5.41) is 0. The van der Waals surface area contributed by atoms with Crippen LogP contribution in [0.3, 0.4) is 0 Å². The van der Waals surface area contributed by atoms with Gasteiger partial charge < -0.3 is 28.4 Å². The highest BCUT2D eigenvalue weighted by molar-refractivity contribution is 5.79. The second-order valence-corrected chi connectivity index (χ2v) is 6.84. The molecule has 0 aromatic heterocycles. The Morgan fingerprint density at radius 3 is 1.97 bits per heavy atom. The van der Waals surface area contributed by atoms with E-state index in [-0.39, 0.29) is 17.9 Å². The molecular weight excluding hydrogens is 428 g/mol. The van der Waals surface area contributed by atoms with Crippen LogP contribution in [-0.2, 0) is 42.9 Å². The molecule has 32 heavy (non-hydrogen) atoms. The third-order valence-corrected chi connectivity index (χ3v) is 4.24. The molecule has 11 heteroatoms. The first-order valence-electron chi connectivity index (χ1n) is 9.63.